The Morgan fingerprint density at radius 3 is 2.80 bits per heavy atom. The number of hydrogen-bond donors (Lipinski definition) is 0. The smallest absolute Gasteiger partial charge is 0.258 e. The van der Waals surface area contributed by atoms with E-state index in [9.17, 15) is 0 Å². The molecular formula is C20H17ClN2O2. The highest BCUT2D eigenvalue weighted by molar-refractivity contribution is 6.32. The van der Waals surface area contributed by atoms with E-state index in [0.29, 0.717) is 35.5 Å². The van der Waals surface area contributed by atoms with Crippen molar-refractivity contribution in [3.8, 4) is 40.4 Å². The SMILES string of the molecule is CC#CCCOc1ccc(-c2noc(-c3ccccc3C)n2)cc1Cl. The Morgan fingerprint density at radius 2 is 2.04 bits per heavy atom. The highest BCUT2D eigenvalue weighted by atomic mass is 35.5. The second-order valence-corrected chi connectivity index (χ2v) is 5.82. The molecule has 1 heterocycles. The average Bonchev–Trinajstić information content (AvgIpc) is 3.10. The van der Waals surface area contributed by atoms with Crippen molar-refractivity contribution in [2.45, 2.75) is 20.3 Å². The number of aromatic nitrogens is 2. The molecule has 5 heteroatoms. The van der Waals surface area contributed by atoms with Crippen LogP contribution in [-0.4, -0.2) is 16.7 Å². The highest BCUT2D eigenvalue weighted by Gasteiger charge is 2.13. The first-order valence-corrected chi connectivity index (χ1v) is 8.29. The monoisotopic (exact) mass is 352 g/mol. The van der Waals surface area contributed by atoms with Gasteiger partial charge in [-0.25, -0.2) is 0 Å². The van der Waals surface area contributed by atoms with Gasteiger partial charge in [-0.05, 0) is 43.7 Å². The maximum absolute atomic E-state index is 6.29. The van der Waals surface area contributed by atoms with E-state index in [0.717, 1.165) is 16.7 Å². The molecule has 1 aromatic heterocycles. The van der Waals surface area contributed by atoms with E-state index in [2.05, 4.69) is 22.0 Å². The Hall–Kier alpha value is -2.77. The molecule has 0 radical (unpaired) electrons. The molecule has 0 N–H and O–H groups in total. The summed E-state index contributed by atoms with van der Waals surface area (Å²) in [6.07, 6.45) is 0.666. The molecule has 0 aliphatic heterocycles. The number of nitrogens with zero attached hydrogens (tertiary/aromatic N) is 2. The number of rotatable bonds is 5. The second-order valence-electron chi connectivity index (χ2n) is 5.41. The summed E-state index contributed by atoms with van der Waals surface area (Å²) < 4.78 is 11.0. The summed E-state index contributed by atoms with van der Waals surface area (Å²) in [7, 11) is 0. The third-order valence-electron chi connectivity index (χ3n) is 3.65. The molecule has 0 bridgehead atoms. The Morgan fingerprint density at radius 1 is 1.20 bits per heavy atom. The van der Waals surface area contributed by atoms with Crippen LogP contribution in [-0.2, 0) is 0 Å². The van der Waals surface area contributed by atoms with Crippen molar-refractivity contribution in [1.29, 1.82) is 0 Å². The van der Waals surface area contributed by atoms with Gasteiger partial charge >= 0.3 is 0 Å². The largest absolute Gasteiger partial charge is 0.491 e. The molecule has 0 atom stereocenters. The van der Waals surface area contributed by atoms with Crippen LogP contribution in [0.3, 0.4) is 0 Å². The van der Waals surface area contributed by atoms with Crippen LogP contribution in [0.2, 0.25) is 5.02 Å². The first kappa shape index (κ1) is 17.1. The average molecular weight is 353 g/mol. The molecule has 0 amide bonds. The third kappa shape index (κ3) is 4.01. The van der Waals surface area contributed by atoms with E-state index < -0.39 is 0 Å². The van der Waals surface area contributed by atoms with Crippen LogP contribution in [0.25, 0.3) is 22.8 Å². The standard InChI is InChI=1S/C20H17ClN2O2/c1-3-4-7-12-24-18-11-10-15(13-17(18)21)19-22-20(25-23-19)16-9-6-5-8-14(16)2/h5-6,8-11,13H,7,12H2,1-2H3. The Kier molecular flexibility index (Phi) is 5.37. The van der Waals surface area contributed by atoms with Crippen molar-refractivity contribution < 1.29 is 9.26 Å². The van der Waals surface area contributed by atoms with E-state index in [4.69, 9.17) is 20.9 Å². The van der Waals surface area contributed by atoms with Crippen LogP contribution in [0.15, 0.2) is 47.0 Å². The zero-order valence-corrected chi connectivity index (χ0v) is 14.8. The summed E-state index contributed by atoms with van der Waals surface area (Å²) in [6.45, 7) is 4.31. The van der Waals surface area contributed by atoms with Crippen molar-refractivity contribution in [3.05, 3.63) is 53.1 Å². The minimum Gasteiger partial charge on any atom is -0.491 e. The number of aryl methyl sites for hydroxylation is 1. The van der Waals surface area contributed by atoms with E-state index in [1.165, 1.54) is 0 Å². The molecule has 25 heavy (non-hydrogen) atoms. The van der Waals surface area contributed by atoms with Gasteiger partial charge in [-0.3, -0.25) is 0 Å². The fourth-order valence-electron chi connectivity index (χ4n) is 2.36. The molecule has 3 rings (SSSR count). The van der Waals surface area contributed by atoms with Crippen LogP contribution in [0.5, 0.6) is 5.75 Å². The minimum absolute atomic E-state index is 0.489. The summed E-state index contributed by atoms with van der Waals surface area (Å²) in [5.41, 5.74) is 2.77. The van der Waals surface area contributed by atoms with Crippen molar-refractivity contribution in [1.82, 2.24) is 10.1 Å². The van der Waals surface area contributed by atoms with Gasteiger partial charge in [0.25, 0.3) is 5.89 Å². The topological polar surface area (TPSA) is 48.2 Å². The molecule has 0 saturated heterocycles. The Balaban J connectivity index is 1.79. The summed E-state index contributed by atoms with van der Waals surface area (Å²) in [6, 6.07) is 13.3. The second kappa shape index (κ2) is 7.87. The van der Waals surface area contributed by atoms with Gasteiger partial charge in [-0.15, -0.1) is 11.8 Å². The summed E-state index contributed by atoms with van der Waals surface area (Å²) in [5.74, 6) is 7.37. The van der Waals surface area contributed by atoms with Crippen molar-refractivity contribution in [3.63, 3.8) is 0 Å². The Bertz CT molecular complexity index is 938. The van der Waals surface area contributed by atoms with Crippen LogP contribution in [0.4, 0.5) is 0 Å². The van der Waals surface area contributed by atoms with Crippen LogP contribution >= 0.6 is 11.6 Å². The quantitative estimate of drug-likeness (QED) is 0.470. The molecule has 0 aliphatic carbocycles. The maximum Gasteiger partial charge on any atom is 0.258 e. The minimum atomic E-state index is 0.489. The van der Waals surface area contributed by atoms with Crippen molar-refractivity contribution in [2.75, 3.05) is 6.61 Å². The highest BCUT2D eigenvalue weighted by Crippen LogP contribution is 2.30. The fraction of sp³-hybridized carbons (Fsp3) is 0.200. The molecule has 0 unspecified atom stereocenters. The van der Waals surface area contributed by atoms with Crippen molar-refractivity contribution in [2.24, 2.45) is 0 Å². The van der Waals surface area contributed by atoms with Gasteiger partial charge < -0.3 is 9.26 Å². The van der Waals surface area contributed by atoms with Gasteiger partial charge in [0, 0.05) is 17.5 Å². The lowest BCUT2D eigenvalue weighted by Gasteiger charge is -2.06. The lowest BCUT2D eigenvalue weighted by molar-refractivity contribution is 0.327. The number of hydrogen-bond acceptors (Lipinski definition) is 4. The van der Waals surface area contributed by atoms with Gasteiger partial charge in [-0.1, -0.05) is 35.0 Å². The molecule has 0 fully saturated rings. The van der Waals surface area contributed by atoms with E-state index in [1.807, 2.05) is 37.3 Å². The van der Waals surface area contributed by atoms with Crippen LogP contribution < -0.4 is 4.74 Å². The predicted molar refractivity (Wildman–Crippen MR) is 98.5 cm³/mol. The maximum atomic E-state index is 6.29. The summed E-state index contributed by atoms with van der Waals surface area (Å²) in [4.78, 5) is 4.47. The molecule has 2 aromatic carbocycles. The normalized spacial score (nSPS) is 10.2. The van der Waals surface area contributed by atoms with Gasteiger partial charge in [-0.2, -0.15) is 4.98 Å². The molecule has 0 aliphatic rings. The zero-order chi connectivity index (χ0) is 17.6. The molecule has 0 saturated carbocycles. The molecule has 3 aromatic rings. The summed E-state index contributed by atoms with van der Waals surface area (Å²) >= 11 is 6.29. The molecular weight excluding hydrogens is 336 g/mol. The fourth-order valence-corrected chi connectivity index (χ4v) is 2.59. The summed E-state index contributed by atoms with van der Waals surface area (Å²) in [5, 5.41) is 4.56. The van der Waals surface area contributed by atoms with E-state index in [-0.39, 0.29) is 0 Å². The number of halogens is 1. The number of benzene rings is 2. The van der Waals surface area contributed by atoms with Gasteiger partial charge in [0.2, 0.25) is 5.82 Å². The van der Waals surface area contributed by atoms with E-state index in [1.54, 1.807) is 19.1 Å². The first-order valence-electron chi connectivity index (χ1n) is 7.91. The molecule has 0 spiro atoms. The molecule has 126 valence electrons. The lowest BCUT2D eigenvalue weighted by Crippen LogP contribution is -1.96. The van der Waals surface area contributed by atoms with Gasteiger partial charge in [0.15, 0.2) is 0 Å². The lowest BCUT2D eigenvalue weighted by atomic mass is 10.1. The zero-order valence-electron chi connectivity index (χ0n) is 14.0. The molecule has 4 nitrogen and oxygen atoms in total. The third-order valence-corrected chi connectivity index (χ3v) is 3.95. The van der Waals surface area contributed by atoms with Gasteiger partial charge in [0.1, 0.15) is 5.75 Å². The first-order chi connectivity index (χ1) is 12.2. The van der Waals surface area contributed by atoms with Crippen molar-refractivity contribution >= 4 is 11.6 Å². The van der Waals surface area contributed by atoms with E-state index >= 15 is 0 Å². The predicted octanol–water partition coefficient (Wildman–Crippen LogP) is 5.16. The number of ether oxygens (including phenoxy) is 1. The van der Waals surface area contributed by atoms with Crippen LogP contribution in [0.1, 0.15) is 18.9 Å². The van der Waals surface area contributed by atoms with Gasteiger partial charge in [0.05, 0.1) is 11.6 Å². The van der Waals surface area contributed by atoms with Crippen LogP contribution in [0, 0.1) is 18.8 Å². The Labute approximate surface area is 151 Å².